The molecule has 1 heterocycles. The van der Waals surface area contributed by atoms with Crippen LogP contribution in [0.5, 0.6) is 0 Å². The SMILES string of the molecule is CCC(CC)c1cc[n+](C)c(-c2ccccc2C)c1. The topological polar surface area (TPSA) is 3.88 Å². The Morgan fingerprint density at radius 2 is 1.74 bits per heavy atom. The molecule has 19 heavy (non-hydrogen) atoms. The van der Waals surface area contributed by atoms with E-state index < -0.39 is 0 Å². The number of nitrogens with zero attached hydrogens (tertiary/aromatic N) is 1. The quantitative estimate of drug-likeness (QED) is 0.712. The summed E-state index contributed by atoms with van der Waals surface area (Å²) in [7, 11) is 2.12. The van der Waals surface area contributed by atoms with Gasteiger partial charge in [0.1, 0.15) is 7.05 Å². The van der Waals surface area contributed by atoms with Crippen LogP contribution in [0.15, 0.2) is 42.6 Å². The van der Waals surface area contributed by atoms with Gasteiger partial charge in [0.15, 0.2) is 6.20 Å². The summed E-state index contributed by atoms with van der Waals surface area (Å²) in [4.78, 5) is 0. The molecule has 0 saturated heterocycles. The lowest BCUT2D eigenvalue weighted by Gasteiger charge is -2.13. The molecule has 0 unspecified atom stereocenters. The molecule has 0 saturated carbocycles. The number of hydrogen-bond donors (Lipinski definition) is 0. The molecule has 1 heteroatoms. The average molecular weight is 254 g/mol. The maximum absolute atomic E-state index is 2.36. The van der Waals surface area contributed by atoms with E-state index in [1.165, 1.54) is 35.2 Å². The average Bonchev–Trinajstić information content (AvgIpc) is 2.43. The molecule has 0 radical (unpaired) electrons. The van der Waals surface area contributed by atoms with Crippen molar-refractivity contribution in [1.29, 1.82) is 0 Å². The maximum Gasteiger partial charge on any atom is 0.212 e. The molecule has 100 valence electrons. The molecular formula is C18H24N+. The fourth-order valence-corrected chi connectivity index (χ4v) is 2.73. The molecule has 0 N–H and O–H groups in total. The number of aromatic nitrogens is 1. The number of aryl methyl sites for hydroxylation is 2. The van der Waals surface area contributed by atoms with Crippen LogP contribution in [0.25, 0.3) is 11.3 Å². The lowest BCUT2D eigenvalue weighted by atomic mass is 9.93. The summed E-state index contributed by atoms with van der Waals surface area (Å²) >= 11 is 0. The summed E-state index contributed by atoms with van der Waals surface area (Å²) in [6.07, 6.45) is 4.60. The summed E-state index contributed by atoms with van der Waals surface area (Å²) in [6.45, 7) is 6.72. The maximum atomic E-state index is 2.36. The van der Waals surface area contributed by atoms with E-state index in [-0.39, 0.29) is 0 Å². The number of pyridine rings is 1. The van der Waals surface area contributed by atoms with Crippen LogP contribution in [0.1, 0.15) is 43.7 Å². The molecule has 0 aliphatic rings. The molecule has 0 atom stereocenters. The third-order valence-corrected chi connectivity index (χ3v) is 4.05. The van der Waals surface area contributed by atoms with Crippen LogP contribution in [-0.2, 0) is 7.05 Å². The Morgan fingerprint density at radius 1 is 1.05 bits per heavy atom. The highest BCUT2D eigenvalue weighted by molar-refractivity contribution is 5.61. The predicted molar refractivity (Wildman–Crippen MR) is 81.1 cm³/mol. The summed E-state index contributed by atoms with van der Waals surface area (Å²) in [5.74, 6) is 0.670. The number of hydrogen-bond acceptors (Lipinski definition) is 0. The van der Waals surface area contributed by atoms with E-state index in [2.05, 4.69) is 75.0 Å². The van der Waals surface area contributed by atoms with Gasteiger partial charge in [0.25, 0.3) is 0 Å². The number of rotatable bonds is 4. The molecule has 0 aliphatic heterocycles. The Kier molecular flexibility index (Phi) is 4.36. The monoisotopic (exact) mass is 254 g/mol. The van der Waals surface area contributed by atoms with Gasteiger partial charge < -0.3 is 0 Å². The minimum absolute atomic E-state index is 0.670. The molecule has 0 spiro atoms. The molecule has 1 nitrogen and oxygen atoms in total. The lowest BCUT2D eigenvalue weighted by molar-refractivity contribution is -0.660. The Labute approximate surface area is 116 Å². The van der Waals surface area contributed by atoms with E-state index in [0.29, 0.717) is 5.92 Å². The van der Waals surface area contributed by atoms with E-state index in [4.69, 9.17) is 0 Å². The summed E-state index contributed by atoms with van der Waals surface area (Å²) in [6, 6.07) is 13.2. The van der Waals surface area contributed by atoms with Gasteiger partial charge in [-0.15, -0.1) is 0 Å². The van der Waals surface area contributed by atoms with Crippen LogP contribution in [0.4, 0.5) is 0 Å². The minimum Gasteiger partial charge on any atom is -0.201 e. The van der Waals surface area contributed by atoms with Crippen molar-refractivity contribution in [3.63, 3.8) is 0 Å². The van der Waals surface area contributed by atoms with Crippen molar-refractivity contribution >= 4 is 0 Å². The summed E-state index contributed by atoms with van der Waals surface area (Å²) in [5.41, 5.74) is 5.43. The number of benzene rings is 1. The first-order valence-corrected chi connectivity index (χ1v) is 7.23. The Hall–Kier alpha value is -1.63. The standard InChI is InChI=1S/C18H24N/c1-5-15(6-2)16-11-12-19(4)18(13-16)17-10-8-7-9-14(17)3/h7-13,15H,5-6H2,1-4H3/q+1. The Balaban J connectivity index is 2.52. The van der Waals surface area contributed by atoms with Crippen molar-refractivity contribution in [3.05, 3.63) is 53.7 Å². The van der Waals surface area contributed by atoms with Crippen molar-refractivity contribution in [1.82, 2.24) is 0 Å². The molecule has 0 bridgehead atoms. The summed E-state index contributed by atoms with van der Waals surface area (Å²) < 4.78 is 2.22. The van der Waals surface area contributed by atoms with E-state index in [1.54, 1.807) is 0 Å². The second-order valence-electron chi connectivity index (χ2n) is 5.28. The molecule has 2 rings (SSSR count). The van der Waals surface area contributed by atoms with E-state index in [9.17, 15) is 0 Å². The van der Waals surface area contributed by atoms with Gasteiger partial charge in [-0.05, 0) is 42.9 Å². The van der Waals surface area contributed by atoms with Crippen LogP contribution in [0.2, 0.25) is 0 Å². The zero-order chi connectivity index (χ0) is 13.8. The van der Waals surface area contributed by atoms with Crippen molar-refractivity contribution in [3.8, 4) is 11.3 Å². The Bertz CT molecular complexity index is 553. The Morgan fingerprint density at radius 3 is 2.37 bits per heavy atom. The molecular weight excluding hydrogens is 230 g/mol. The van der Waals surface area contributed by atoms with Gasteiger partial charge in [-0.2, -0.15) is 0 Å². The normalized spacial score (nSPS) is 11.0. The molecule has 0 fully saturated rings. The van der Waals surface area contributed by atoms with Crippen molar-refractivity contribution in [2.45, 2.75) is 39.5 Å². The zero-order valence-corrected chi connectivity index (χ0v) is 12.5. The van der Waals surface area contributed by atoms with Gasteiger partial charge in [0.05, 0.1) is 0 Å². The van der Waals surface area contributed by atoms with Crippen LogP contribution in [0.3, 0.4) is 0 Å². The fourth-order valence-electron chi connectivity index (χ4n) is 2.73. The lowest BCUT2D eigenvalue weighted by Crippen LogP contribution is -2.31. The van der Waals surface area contributed by atoms with E-state index >= 15 is 0 Å². The first-order valence-electron chi connectivity index (χ1n) is 7.23. The molecule has 2 aromatic rings. The second-order valence-corrected chi connectivity index (χ2v) is 5.28. The van der Waals surface area contributed by atoms with Crippen LogP contribution >= 0.6 is 0 Å². The second kappa shape index (κ2) is 6.01. The van der Waals surface area contributed by atoms with Crippen LogP contribution in [-0.4, -0.2) is 0 Å². The van der Waals surface area contributed by atoms with Crippen LogP contribution < -0.4 is 4.57 Å². The fraction of sp³-hybridized carbons (Fsp3) is 0.389. The van der Waals surface area contributed by atoms with Gasteiger partial charge in [0.2, 0.25) is 5.69 Å². The highest BCUT2D eigenvalue weighted by atomic mass is 14.9. The highest BCUT2D eigenvalue weighted by Gasteiger charge is 2.15. The van der Waals surface area contributed by atoms with Gasteiger partial charge in [-0.25, -0.2) is 4.57 Å². The van der Waals surface area contributed by atoms with Gasteiger partial charge in [-0.3, -0.25) is 0 Å². The summed E-state index contributed by atoms with van der Waals surface area (Å²) in [5, 5.41) is 0. The van der Waals surface area contributed by atoms with E-state index in [0.717, 1.165) is 0 Å². The molecule has 1 aromatic carbocycles. The van der Waals surface area contributed by atoms with Crippen molar-refractivity contribution < 1.29 is 4.57 Å². The molecule has 0 amide bonds. The molecule has 1 aromatic heterocycles. The smallest absolute Gasteiger partial charge is 0.201 e. The first kappa shape index (κ1) is 13.8. The van der Waals surface area contributed by atoms with Crippen molar-refractivity contribution in [2.75, 3.05) is 0 Å². The predicted octanol–water partition coefficient (Wildman–Crippen LogP) is 4.39. The minimum atomic E-state index is 0.670. The van der Waals surface area contributed by atoms with Crippen molar-refractivity contribution in [2.24, 2.45) is 7.05 Å². The van der Waals surface area contributed by atoms with Gasteiger partial charge in [-0.1, -0.05) is 32.0 Å². The third kappa shape index (κ3) is 2.86. The largest absolute Gasteiger partial charge is 0.212 e. The first-order chi connectivity index (χ1) is 9.17. The third-order valence-electron chi connectivity index (χ3n) is 4.05. The van der Waals surface area contributed by atoms with Gasteiger partial charge in [0, 0.05) is 17.7 Å². The van der Waals surface area contributed by atoms with Crippen LogP contribution in [0, 0.1) is 6.92 Å². The zero-order valence-electron chi connectivity index (χ0n) is 12.5. The van der Waals surface area contributed by atoms with Gasteiger partial charge >= 0.3 is 0 Å². The highest BCUT2D eigenvalue weighted by Crippen LogP contribution is 2.26. The molecule has 0 aliphatic carbocycles. The van der Waals surface area contributed by atoms with E-state index in [1.807, 2.05) is 0 Å².